The number of sulfone groups is 1. The van der Waals surface area contributed by atoms with Crippen LogP contribution in [-0.2, 0) is 14.6 Å². The molecule has 1 amide bonds. The Kier molecular flexibility index (Phi) is 5.51. The van der Waals surface area contributed by atoms with E-state index in [0.29, 0.717) is 30.4 Å². The molecule has 6 nitrogen and oxygen atoms in total. The quantitative estimate of drug-likeness (QED) is 0.858. The summed E-state index contributed by atoms with van der Waals surface area (Å²) in [6, 6.07) is 5.00. The van der Waals surface area contributed by atoms with Gasteiger partial charge < -0.3 is 14.8 Å². The molecule has 1 heterocycles. The number of benzene rings is 1. The first kappa shape index (κ1) is 17.6. The van der Waals surface area contributed by atoms with Crippen molar-refractivity contribution < 1.29 is 22.7 Å². The second-order valence-corrected chi connectivity index (χ2v) is 8.20. The summed E-state index contributed by atoms with van der Waals surface area (Å²) >= 11 is 0. The van der Waals surface area contributed by atoms with Gasteiger partial charge >= 0.3 is 0 Å². The van der Waals surface area contributed by atoms with Crippen molar-refractivity contribution in [2.45, 2.75) is 32.4 Å². The molecule has 1 aliphatic rings. The van der Waals surface area contributed by atoms with E-state index in [-0.39, 0.29) is 11.7 Å². The van der Waals surface area contributed by atoms with Crippen LogP contribution in [0.3, 0.4) is 0 Å². The number of carbonyl (C=O) groups is 1. The van der Waals surface area contributed by atoms with Gasteiger partial charge in [0.05, 0.1) is 5.75 Å². The minimum Gasteiger partial charge on any atom is -0.486 e. The van der Waals surface area contributed by atoms with Gasteiger partial charge in [-0.25, -0.2) is 8.42 Å². The lowest BCUT2D eigenvalue weighted by Crippen LogP contribution is -2.35. The first-order valence-electron chi connectivity index (χ1n) is 7.75. The predicted molar refractivity (Wildman–Crippen MR) is 88.8 cm³/mol. The van der Waals surface area contributed by atoms with E-state index in [0.717, 1.165) is 6.42 Å². The van der Waals surface area contributed by atoms with E-state index in [1.165, 1.54) is 6.92 Å². The minimum atomic E-state index is -3.48. The number of hydrogen-bond donors (Lipinski definition) is 1. The van der Waals surface area contributed by atoms with E-state index in [4.69, 9.17) is 9.47 Å². The average molecular weight is 341 g/mol. The average Bonchev–Trinajstić information content (AvgIpc) is 2.53. The summed E-state index contributed by atoms with van der Waals surface area (Å²) in [5, 5.41) is 1.54. The molecule has 1 aromatic rings. The summed E-state index contributed by atoms with van der Waals surface area (Å²) in [4.78, 5) is 12.2. The lowest BCUT2D eigenvalue weighted by Gasteiger charge is -2.20. The molecule has 0 fully saturated rings. The monoisotopic (exact) mass is 341 g/mol. The smallest absolute Gasteiger partial charge is 0.242 e. The largest absolute Gasteiger partial charge is 0.486 e. The lowest BCUT2D eigenvalue weighted by molar-refractivity contribution is -0.115. The zero-order chi connectivity index (χ0) is 17.0. The van der Waals surface area contributed by atoms with Crippen LogP contribution in [0.5, 0.6) is 11.5 Å². The number of hydrogen-bond acceptors (Lipinski definition) is 5. The Bertz CT molecular complexity index is 671. The van der Waals surface area contributed by atoms with Crippen LogP contribution in [0.2, 0.25) is 0 Å². The van der Waals surface area contributed by atoms with Gasteiger partial charge in [-0.05, 0) is 25.0 Å². The van der Waals surface area contributed by atoms with Crippen LogP contribution >= 0.6 is 0 Å². The van der Waals surface area contributed by atoms with Gasteiger partial charge in [0.1, 0.15) is 18.5 Å². The van der Waals surface area contributed by atoms with E-state index < -0.39 is 21.0 Å². The molecule has 0 radical (unpaired) electrons. The standard InChI is InChI=1S/C16H23NO5S/c1-4-11(2)10-23(19,20)12(3)16(18)17-13-5-6-14-15(9-13)22-8-7-21-14/h5-6,9,11-12H,4,7-8,10H2,1-3H3,(H,17,18)/t11-,12-/m0/s1. The minimum absolute atomic E-state index is 0.0131. The van der Waals surface area contributed by atoms with Crippen molar-refractivity contribution in [2.24, 2.45) is 5.92 Å². The summed E-state index contributed by atoms with van der Waals surface area (Å²) in [6.45, 7) is 6.15. The number of rotatable bonds is 6. The fourth-order valence-corrected chi connectivity index (χ4v) is 3.89. The van der Waals surface area contributed by atoms with Crippen molar-refractivity contribution in [3.05, 3.63) is 18.2 Å². The number of nitrogens with one attached hydrogen (secondary N) is 1. The molecule has 1 N–H and O–H groups in total. The van der Waals surface area contributed by atoms with Gasteiger partial charge in [0, 0.05) is 11.8 Å². The maximum Gasteiger partial charge on any atom is 0.242 e. The Balaban J connectivity index is 2.06. The van der Waals surface area contributed by atoms with E-state index in [1.54, 1.807) is 18.2 Å². The predicted octanol–water partition coefficient (Wildman–Crippen LogP) is 2.25. The van der Waals surface area contributed by atoms with Gasteiger partial charge in [-0.3, -0.25) is 4.79 Å². The molecular weight excluding hydrogens is 318 g/mol. The van der Waals surface area contributed by atoms with Crippen LogP contribution in [0.15, 0.2) is 18.2 Å². The molecule has 2 rings (SSSR count). The second-order valence-electron chi connectivity index (χ2n) is 5.83. The maximum absolute atomic E-state index is 12.3. The number of anilines is 1. The molecule has 7 heteroatoms. The topological polar surface area (TPSA) is 81.7 Å². The van der Waals surface area contributed by atoms with Crippen LogP contribution in [-0.4, -0.2) is 38.5 Å². The Labute approximate surface area is 137 Å². The Hall–Kier alpha value is -1.76. The Morgan fingerprint density at radius 2 is 1.87 bits per heavy atom. The summed E-state index contributed by atoms with van der Waals surface area (Å²) in [7, 11) is -3.48. The van der Waals surface area contributed by atoms with Crippen LogP contribution < -0.4 is 14.8 Å². The molecular formula is C16H23NO5S. The van der Waals surface area contributed by atoms with Crippen molar-refractivity contribution in [1.82, 2.24) is 0 Å². The van der Waals surface area contributed by atoms with Crippen molar-refractivity contribution in [3.8, 4) is 11.5 Å². The summed E-state index contributed by atoms with van der Waals surface area (Å²) < 4.78 is 35.4. The fraction of sp³-hybridized carbons (Fsp3) is 0.562. The third-order valence-electron chi connectivity index (χ3n) is 3.93. The van der Waals surface area contributed by atoms with Gasteiger partial charge in [-0.15, -0.1) is 0 Å². The molecule has 0 saturated heterocycles. The van der Waals surface area contributed by atoms with E-state index in [1.807, 2.05) is 13.8 Å². The summed E-state index contributed by atoms with van der Waals surface area (Å²) in [6.07, 6.45) is 0.760. The SMILES string of the molecule is CC[C@H](C)CS(=O)(=O)[C@@H](C)C(=O)Nc1ccc2c(c1)OCCO2. The number of ether oxygens (including phenoxy) is 2. The zero-order valence-corrected chi connectivity index (χ0v) is 14.5. The molecule has 0 bridgehead atoms. The molecule has 2 atom stereocenters. The van der Waals surface area contributed by atoms with E-state index in [9.17, 15) is 13.2 Å². The number of amides is 1. The van der Waals surface area contributed by atoms with Crippen LogP contribution in [0.1, 0.15) is 27.2 Å². The highest BCUT2D eigenvalue weighted by atomic mass is 32.2. The van der Waals surface area contributed by atoms with Gasteiger partial charge in [-0.1, -0.05) is 20.3 Å². The molecule has 0 saturated carbocycles. The van der Waals surface area contributed by atoms with Crippen molar-refractivity contribution in [3.63, 3.8) is 0 Å². The van der Waals surface area contributed by atoms with Crippen molar-refractivity contribution in [1.29, 1.82) is 0 Å². The van der Waals surface area contributed by atoms with Gasteiger partial charge in [-0.2, -0.15) is 0 Å². The molecule has 0 unspecified atom stereocenters. The van der Waals surface area contributed by atoms with Crippen LogP contribution in [0, 0.1) is 5.92 Å². The normalized spacial score (nSPS) is 16.5. The van der Waals surface area contributed by atoms with E-state index in [2.05, 4.69) is 5.32 Å². The molecule has 1 aliphatic heterocycles. The zero-order valence-electron chi connectivity index (χ0n) is 13.7. The molecule has 0 aromatic heterocycles. The molecule has 128 valence electrons. The van der Waals surface area contributed by atoms with Crippen LogP contribution in [0.4, 0.5) is 5.69 Å². The first-order valence-corrected chi connectivity index (χ1v) is 9.47. The fourth-order valence-electron chi connectivity index (χ4n) is 2.19. The third-order valence-corrected chi connectivity index (χ3v) is 6.26. The summed E-state index contributed by atoms with van der Waals surface area (Å²) in [5.74, 6) is 0.671. The van der Waals surface area contributed by atoms with Gasteiger partial charge in [0.15, 0.2) is 21.3 Å². The van der Waals surface area contributed by atoms with E-state index >= 15 is 0 Å². The maximum atomic E-state index is 12.3. The highest BCUT2D eigenvalue weighted by molar-refractivity contribution is 7.92. The second kappa shape index (κ2) is 7.21. The van der Waals surface area contributed by atoms with Crippen molar-refractivity contribution >= 4 is 21.4 Å². The molecule has 23 heavy (non-hydrogen) atoms. The first-order chi connectivity index (χ1) is 10.8. The summed E-state index contributed by atoms with van der Waals surface area (Å²) in [5.41, 5.74) is 0.491. The third kappa shape index (κ3) is 4.37. The van der Waals surface area contributed by atoms with Crippen LogP contribution in [0.25, 0.3) is 0 Å². The molecule has 0 spiro atoms. The van der Waals surface area contributed by atoms with Gasteiger partial charge in [0.2, 0.25) is 5.91 Å². The Morgan fingerprint density at radius 1 is 1.22 bits per heavy atom. The van der Waals surface area contributed by atoms with Crippen molar-refractivity contribution in [2.75, 3.05) is 24.3 Å². The number of fused-ring (bicyclic) bond motifs is 1. The lowest BCUT2D eigenvalue weighted by atomic mass is 10.2. The molecule has 0 aliphatic carbocycles. The molecule has 1 aromatic carbocycles. The Morgan fingerprint density at radius 3 is 2.52 bits per heavy atom. The van der Waals surface area contributed by atoms with Gasteiger partial charge in [0.25, 0.3) is 0 Å². The number of carbonyl (C=O) groups excluding carboxylic acids is 1. The highest BCUT2D eigenvalue weighted by Crippen LogP contribution is 2.32. The highest BCUT2D eigenvalue weighted by Gasteiger charge is 2.29.